The molecule has 0 aliphatic heterocycles. The predicted molar refractivity (Wildman–Crippen MR) is 128 cm³/mol. The first kappa shape index (κ1) is 26.6. The lowest BCUT2D eigenvalue weighted by molar-refractivity contribution is -0.0517. The number of benzene rings is 3. The van der Waals surface area contributed by atoms with E-state index in [9.17, 15) is 13.2 Å². The van der Waals surface area contributed by atoms with Crippen LogP contribution in [0.15, 0.2) is 91.0 Å². The molecule has 0 aliphatic rings. The Morgan fingerprint density at radius 1 is 0.788 bits per heavy atom. The van der Waals surface area contributed by atoms with Crippen LogP contribution in [-0.4, -0.2) is 18.5 Å². The van der Waals surface area contributed by atoms with Crippen LogP contribution in [0.5, 0.6) is 0 Å². The maximum Gasteiger partial charge on any atom is 0.485 e. The molecular formula is C25H24F3O3PS. The molecule has 0 saturated heterocycles. The molecule has 0 radical (unpaired) electrons. The zero-order valence-electron chi connectivity index (χ0n) is 18.0. The zero-order valence-corrected chi connectivity index (χ0v) is 19.7. The van der Waals surface area contributed by atoms with E-state index in [-0.39, 0.29) is 0 Å². The maximum atomic E-state index is 10.7. The number of alkyl halides is 3. The molecule has 0 aliphatic carbocycles. The van der Waals surface area contributed by atoms with Crippen LogP contribution in [0.2, 0.25) is 0 Å². The van der Waals surface area contributed by atoms with E-state index >= 15 is 0 Å². The molecule has 0 aromatic heterocycles. The monoisotopic (exact) mass is 492 g/mol. The normalized spacial score (nSPS) is 11.5. The van der Waals surface area contributed by atoms with Gasteiger partial charge in [0.15, 0.2) is 17.4 Å². The topological polar surface area (TPSA) is 57.2 Å². The number of rotatable bonds is 5. The van der Waals surface area contributed by atoms with E-state index in [1.54, 1.807) is 0 Å². The van der Waals surface area contributed by atoms with Gasteiger partial charge in [0.1, 0.15) is 15.9 Å². The van der Waals surface area contributed by atoms with Gasteiger partial charge in [-0.2, -0.15) is 13.2 Å². The first-order valence-electron chi connectivity index (χ1n) is 10.2. The Kier molecular flexibility index (Phi) is 9.67. The highest BCUT2D eigenvalue weighted by atomic mass is 32.2. The molecule has 0 spiro atoms. The third kappa shape index (κ3) is 7.17. The molecule has 0 fully saturated rings. The fraction of sp³-hybridized carbons (Fsp3) is 0.200. The van der Waals surface area contributed by atoms with E-state index < -0.39 is 22.9 Å². The Hall–Kier alpha value is -2.65. The van der Waals surface area contributed by atoms with Crippen molar-refractivity contribution >= 4 is 33.3 Å². The molecule has 0 atom stereocenters. The van der Waals surface area contributed by atoms with E-state index in [1.807, 2.05) is 0 Å². The predicted octanol–water partition coefficient (Wildman–Crippen LogP) is 5.18. The average Bonchev–Trinajstić information content (AvgIpc) is 2.80. The zero-order chi connectivity index (χ0) is 24.4. The fourth-order valence-electron chi connectivity index (χ4n) is 3.04. The molecule has 0 saturated carbocycles. The van der Waals surface area contributed by atoms with E-state index in [1.165, 1.54) is 22.3 Å². The number of halogens is 3. The quantitative estimate of drug-likeness (QED) is 0.162. The van der Waals surface area contributed by atoms with Gasteiger partial charge in [-0.3, -0.25) is 0 Å². The summed E-state index contributed by atoms with van der Waals surface area (Å²) in [6, 6.07) is 32.4. The van der Waals surface area contributed by atoms with Crippen molar-refractivity contribution in [2.75, 3.05) is 0 Å². The van der Waals surface area contributed by atoms with Crippen LogP contribution < -0.4 is 15.9 Å². The molecule has 0 bridgehead atoms. The highest BCUT2D eigenvalue weighted by Crippen LogP contribution is 2.54. The van der Waals surface area contributed by atoms with Crippen LogP contribution in [0, 0.1) is 11.6 Å². The van der Waals surface area contributed by atoms with E-state index in [0.29, 0.717) is 0 Å². The third-order valence-electron chi connectivity index (χ3n) is 4.62. The molecule has 3 aromatic carbocycles. The molecule has 0 N–H and O–H groups in total. The average molecular weight is 492 g/mol. The Labute approximate surface area is 193 Å². The van der Waals surface area contributed by atoms with Crippen molar-refractivity contribution < 1.29 is 26.1 Å². The second-order valence-electron chi connectivity index (χ2n) is 6.97. The summed E-state index contributed by atoms with van der Waals surface area (Å²) in [6.45, 7) is 2.22. The van der Waals surface area contributed by atoms with Crippen LogP contribution >= 0.6 is 7.26 Å². The molecule has 0 amide bonds. The number of hydrogen-bond acceptors (Lipinski definition) is 3. The van der Waals surface area contributed by atoms with Crippen molar-refractivity contribution in [2.45, 2.75) is 31.7 Å². The Morgan fingerprint density at radius 2 is 1.12 bits per heavy atom. The summed E-state index contributed by atoms with van der Waals surface area (Å²) in [6.07, 6.45) is 3.30. The highest BCUT2D eigenvalue weighted by molar-refractivity contribution is 7.99. The van der Waals surface area contributed by atoms with Gasteiger partial charge >= 0.3 is 5.51 Å². The van der Waals surface area contributed by atoms with Crippen LogP contribution in [0.4, 0.5) is 13.2 Å². The summed E-state index contributed by atoms with van der Waals surface area (Å²) < 4.78 is 58.9. The molecule has 3 nitrogen and oxygen atoms in total. The first-order valence-corrected chi connectivity index (χ1v) is 13.4. The van der Waals surface area contributed by atoms with Gasteiger partial charge in [-0.25, -0.2) is 8.42 Å². The van der Waals surface area contributed by atoms with Gasteiger partial charge in [0.2, 0.25) is 0 Å². The summed E-state index contributed by atoms with van der Waals surface area (Å²) in [5, 5.41) is 3.99. The van der Waals surface area contributed by atoms with Gasteiger partial charge in [0.05, 0.1) is 5.66 Å². The summed E-state index contributed by atoms with van der Waals surface area (Å²) in [5.41, 5.74) is -1.87. The van der Waals surface area contributed by atoms with Crippen LogP contribution in [0.1, 0.15) is 26.2 Å². The second kappa shape index (κ2) is 12.0. The Morgan fingerprint density at radius 3 is 1.39 bits per heavy atom. The molecular weight excluding hydrogens is 468 g/mol. The molecule has 0 unspecified atom stereocenters. The van der Waals surface area contributed by atoms with E-state index in [4.69, 9.17) is 13.0 Å². The molecule has 0 heterocycles. The van der Waals surface area contributed by atoms with Crippen molar-refractivity contribution in [2.24, 2.45) is 0 Å². The van der Waals surface area contributed by atoms with Gasteiger partial charge in [-0.1, -0.05) is 73.9 Å². The summed E-state index contributed by atoms with van der Waals surface area (Å²) in [4.78, 5) is 0. The summed E-state index contributed by atoms with van der Waals surface area (Å²) in [7, 11) is -8.04. The van der Waals surface area contributed by atoms with Crippen molar-refractivity contribution in [1.29, 1.82) is 0 Å². The molecule has 3 rings (SSSR count). The SMILES string of the molecule is CCCCC#C[P+](c1ccccc1)(c1ccccc1)c1ccccc1.O=S(=O)([O-])C(F)(F)F. The maximum absolute atomic E-state index is 10.7. The van der Waals surface area contributed by atoms with Crippen LogP contribution in [-0.2, 0) is 10.1 Å². The smallest absolute Gasteiger partial charge is 0.485 e. The minimum Gasteiger partial charge on any atom is -0.741 e. The van der Waals surface area contributed by atoms with Crippen molar-refractivity contribution in [3.8, 4) is 11.6 Å². The summed E-state index contributed by atoms with van der Waals surface area (Å²) >= 11 is 0. The van der Waals surface area contributed by atoms with Gasteiger partial charge < -0.3 is 4.55 Å². The van der Waals surface area contributed by atoms with Gasteiger partial charge in [-0.15, -0.1) is 0 Å². The largest absolute Gasteiger partial charge is 0.741 e. The minimum atomic E-state index is -6.09. The lowest BCUT2D eigenvalue weighted by Gasteiger charge is -2.21. The molecule has 3 aromatic rings. The minimum absolute atomic E-state index is 0.963. The first-order chi connectivity index (χ1) is 15.6. The standard InChI is InChI=1S/C24H24P.CHF3O3S/c1-2-3-4-14-21-25(22-15-8-5-9-16-22,23-17-10-6-11-18-23)24-19-12-7-13-20-24;2-1(3,4)8(5,6)7/h5-13,15-20H,2-4H2,1H3;(H,5,6,7)/q+1;/p-1. The number of unbranched alkanes of at least 4 members (excludes halogenated alkanes) is 2. The highest BCUT2D eigenvalue weighted by Gasteiger charge is 2.44. The van der Waals surface area contributed by atoms with Crippen molar-refractivity contribution in [1.82, 2.24) is 0 Å². The van der Waals surface area contributed by atoms with Crippen LogP contribution in [0.25, 0.3) is 0 Å². The van der Waals surface area contributed by atoms with Gasteiger partial charge in [0.25, 0.3) is 0 Å². The van der Waals surface area contributed by atoms with E-state index in [2.05, 4.69) is 110 Å². The number of hydrogen-bond donors (Lipinski definition) is 0. The van der Waals surface area contributed by atoms with E-state index in [0.717, 1.165) is 12.8 Å². The van der Waals surface area contributed by atoms with Crippen molar-refractivity contribution in [3.63, 3.8) is 0 Å². The lowest BCUT2D eigenvalue weighted by Crippen LogP contribution is -2.29. The van der Waals surface area contributed by atoms with Crippen LogP contribution in [0.3, 0.4) is 0 Å². The molecule has 8 heteroatoms. The fourth-order valence-corrected chi connectivity index (χ4v) is 6.52. The third-order valence-corrected chi connectivity index (χ3v) is 8.89. The van der Waals surface area contributed by atoms with Crippen molar-refractivity contribution in [3.05, 3.63) is 91.0 Å². The molecule has 174 valence electrons. The Bertz CT molecular complexity index is 1060. The molecule has 33 heavy (non-hydrogen) atoms. The van der Waals surface area contributed by atoms with Gasteiger partial charge in [0, 0.05) is 6.42 Å². The Balaban J connectivity index is 0.000000414. The summed E-state index contributed by atoms with van der Waals surface area (Å²) in [5.74, 6) is 3.52. The second-order valence-corrected chi connectivity index (χ2v) is 11.5. The lowest BCUT2D eigenvalue weighted by atomic mass is 10.3. The van der Waals surface area contributed by atoms with Gasteiger partial charge in [-0.05, 0) is 42.8 Å².